The number of nitrogens with one attached hydrogen (secondary N) is 1. The second-order valence-corrected chi connectivity index (χ2v) is 4.89. The first-order valence-electron chi connectivity index (χ1n) is 5.36. The van der Waals surface area contributed by atoms with Crippen molar-refractivity contribution in [3.8, 4) is 0 Å². The van der Waals surface area contributed by atoms with Gasteiger partial charge in [0, 0.05) is 18.3 Å². The zero-order valence-electron chi connectivity index (χ0n) is 9.40. The predicted octanol–water partition coefficient (Wildman–Crippen LogP) is 0.904. The number of carbonyl (C=O) groups excluding carboxylic acids is 1. The van der Waals surface area contributed by atoms with Crippen molar-refractivity contribution in [3.05, 3.63) is 0 Å². The third-order valence-electron chi connectivity index (χ3n) is 2.64. The van der Waals surface area contributed by atoms with Gasteiger partial charge in [0.2, 0.25) is 0 Å². The molecule has 5 heteroatoms. The molecule has 0 saturated carbocycles. The van der Waals surface area contributed by atoms with Gasteiger partial charge in [-0.1, -0.05) is 0 Å². The van der Waals surface area contributed by atoms with E-state index in [0.717, 1.165) is 25.1 Å². The molecule has 1 fully saturated rings. The summed E-state index contributed by atoms with van der Waals surface area (Å²) in [5, 5.41) is 12.0. The molecule has 0 spiro atoms. The Kier molecular flexibility index (Phi) is 5.25. The fourth-order valence-corrected chi connectivity index (χ4v) is 2.46. The molecule has 0 aliphatic carbocycles. The van der Waals surface area contributed by atoms with Crippen molar-refractivity contribution in [2.45, 2.75) is 31.8 Å². The molecule has 2 N–H and O–H groups in total. The summed E-state index contributed by atoms with van der Waals surface area (Å²) in [7, 11) is 0. The van der Waals surface area contributed by atoms with Gasteiger partial charge in [0.15, 0.2) is 0 Å². The summed E-state index contributed by atoms with van der Waals surface area (Å²) in [6.07, 6.45) is 3.94. The van der Waals surface area contributed by atoms with E-state index in [1.165, 1.54) is 0 Å². The van der Waals surface area contributed by atoms with Crippen molar-refractivity contribution in [2.75, 3.05) is 25.2 Å². The highest BCUT2D eigenvalue weighted by Crippen LogP contribution is 2.16. The SMILES string of the molecule is CSCC(C)NC(=O)N1CCCC1CO. The number of nitrogens with zero attached hydrogens (tertiary/aromatic N) is 1. The minimum Gasteiger partial charge on any atom is -0.394 e. The molecule has 0 aromatic rings. The monoisotopic (exact) mass is 232 g/mol. The van der Waals surface area contributed by atoms with Gasteiger partial charge in [0.25, 0.3) is 0 Å². The number of thioether (sulfide) groups is 1. The molecule has 4 nitrogen and oxygen atoms in total. The lowest BCUT2D eigenvalue weighted by Crippen LogP contribution is -2.47. The highest BCUT2D eigenvalue weighted by atomic mass is 32.2. The number of hydrogen-bond acceptors (Lipinski definition) is 3. The quantitative estimate of drug-likeness (QED) is 0.757. The Balaban J connectivity index is 2.38. The van der Waals surface area contributed by atoms with Gasteiger partial charge >= 0.3 is 6.03 Å². The third-order valence-corrected chi connectivity index (χ3v) is 3.47. The topological polar surface area (TPSA) is 52.6 Å². The molecule has 2 unspecified atom stereocenters. The van der Waals surface area contributed by atoms with Crippen LogP contribution in [0.4, 0.5) is 4.79 Å². The van der Waals surface area contributed by atoms with E-state index in [1.807, 2.05) is 13.2 Å². The van der Waals surface area contributed by atoms with Crippen LogP contribution in [0.5, 0.6) is 0 Å². The Hall–Kier alpha value is -0.420. The molecule has 1 heterocycles. The van der Waals surface area contributed by atoms with Crippen molar-refractivity contribution < 1.29 is 9.90 Å². The first kappa shape index (κ1) is 12.6. The zero-order valence-corrected chi connectivity index (χ0v) is 10.2. The van der Waals surface area contributed by atoms with Crippen LogP contribution in [-0.4, -0.2) is 53.3 Å². The maximum atomic E-state index is 11.8. The van der Waals surface area contributed by atoms with Crippen molar-refractivity contribution in [1.29, 1.82) is 0 Å². The smallest absolute Gasteiger partial charge is 0.317 e. The summed E-state index contributed by atoms with van der Waals surface area (Å²) in [5.41, 5.74) is 0. The maximum Gasteiger partial charge on any atom is 0.317 e. The van der Waals surface area contributed by atoms with E-state index in [1.54, 1.807) is 16.7 Å². The maximum absolute atomic E-state index is 11.8. The van der Waals surface area contributed by atoms with E-state index in [0.29, 0.717) is 0 Å². The fourth-order valence-electron chi connectivity index (χ4n) is 1.88. The molecule has 0 aromatic heterocycles. The van der Waals surface area contributed by atoms with Crippen molar-refractivity contribution >= 4 is 17.8 Å². The standard InChI is InChI=1S/C10H20N2O2S/c1-8(7-15-2)11-10(14)12-5-3-4-9(12)6-13/h8-9,13H,3-7H2,1-2H3,(H,11,14). The van der Waals surface area contributed by atoms with E-state index in [9.17, 15) is 4.79 Å². The molecule has 0 radical (unpaired) electrons. The molecule has 1 aliphatic heterocycles. The van der Waals surface area contributed by atoms with Crippen LogP contribution in [0.2, 0.25) is 0 Å². The number of aliphatic hydroxyl groups excluding tert-OH is 1. The second-order valence-electron chi connectivity index (χ2n) is 3.98. The van der Waals surface area contributed by atoms with Gasteiger partial charge in [-0.2, -0.15) is 11.8 Å². The van der Waals surface area contributed by atoms with E-state index in [-0.39, 0.29) is 24.7 Å². The van der Waals surface area contributed by atoms with Crippen molar-refractivity contribution in [3.63, 3.8) is 0 Å². The van der Waals surface area contributed by atoms with Gasteiger partial charge in [-0.05, 0) is 26.0 Å². The summed E-state index contributed by atoms with van der Waals surface area (Å²) in [5.74, 6) is 0.920. The fraction of sp³-hybridized carbons (Fsp3) is 0.900. The van der Waals surface area contributed by atoms with Crippen LogP contribution in [0.3, 0.4) is 0 Å². The number of aliphatic hydroxyl groups is 1. The summed E-state index contributed by atoms with van der Waals surface area (Å²) in [4.78, 5) is 13.5. The van der Waals surface area contributed by atoms with Crippen LogP contribution in [-0.2, 0) is 0 Å². The van der Waals surface area contributed by atoms with Crippen LogP contribution < -0.4 is 5.32 Å². The van der Waals surface area contributed by atoms with Crippen molar-refractivity contribution in [2.24, 2.45) is 0 Å². The molecule has 0 bridgehead atoms. The summed E-state index contributed by atoms with van der Waals surface area (Å²) < 4.78 is 0. The summed E-state index contributed by atoms with van der Waals surface area (Å²) >= 11 is 1.72. The number of urea groups is 1. The normalized spacial score (nSPS) is 22.9. The average molecular weight is 232 g/mol. The molecule has 1 saturated heterocycles. The number of carbonyl (C=O) groups is 1. The molecule has 88 valence electrons. The zero-order chi connectivity index (χ0) is 11.3. The Morgan fingerprint density at radius 2 is 2.47 bits per heavy atom. The van der Waals surface area contributed by atoms with E-state index < -0.39 is 0 Å². The molecule has 1 rings (SSSR count). The molecule has 2 atom stereocenters. The Morgan fingerprint density at radius 1 is 1.73 bits per heavy atom. The molecule has 0 aromatic carbocycles. The molecule has 1 aliphatic rings. The second kappa shape index (κ2) is 6.23. The van der Waals surface area contributed by atoms with Crippen LogP contribution in [0.15, 0.2) is 0 Å². The lowest BCUT2D eigenvalue weighted by molar-refractivity contribution is 0.155. The van der Waals surface area contributed by atoms with Crippen LogP contribution in [0.25, 0.3) is 0 Å². The first-order valence-corrected chi connectivity index (χ1v) is 6.75. The Morgan fingerprint density at radius 3 is 3.07 bits per heavy atom. The number of rotatable bonds is 4. The minimum atomic E-state index is -0.0342. The number of amides is 2. The molecule has 15 heavy (non-hydrogen) atoms. The van der Waals surface area contributed by atoms with E-state index in [2.05, 4.69) is 5.32 Å². The highest BCUT2D eigenvalue weighted by molar-refractivity contribution is 7.98. The Labute approximate surface area is 95.4 Å². The van der Waals surface area contributed by atoms with Gasteiger partial charge in [-0.3, -0.25) is 0 Å². The first-order chi connectivity index (χ1) is 7.19. The third kappa shape index (κ3) is 3.57. The number of likely N-dealkylation sites (tertiary alicyclic amines) is 1. The van der Waals surface area contributed by atoms with Gasteiger partial charge in [0.1, 0.15) is 0 Å². The van der Waals surface area contributed by atoms with Crippen molar-refractivity contribution in [1.82, 2.24) is 10.2 Å². The molecular formula is C10H20N2O2S. The molecule has 2 amide bonds. The highest BCUT2D eigenvalue weighted by Gasteiger charge is 2.28. The van der Waals surface area contributed by atoms with Crippen LogP contribution in [0, 0.1) is 0 Å². The largest absolute Gasteiger partial charge is 0.394 e. The lowest BCUT2D eigenvalue weighted by atomic mass is 10.2. The van der Waals surface area contributed by atoms with E-state index >= 15 is 0 Å². The lowest BCUT2D eigenvalue weighted by Gasteiger charge is -2.25. The van der Waals surface area contributed by atoms with Gasteiger partial charge in [0.05, 0.1) is 12.6 Å². The average Bonchev–Trinajstić information content (AvgIpc) is 2.65. The van der Waals surface area contributed by atoms with Gasteiger partial charge in [-0.25, -0.2) is 4.79 Å². The molecular weight excluding hydrogens is 212 g/mol. The van der Waals surface area contributed by atoms with E-state index in [4.69, 9.17) is 5.11 Å². The van der Waals surface area contributed by atoms with Gasteiger partial charge < -0.3 is 15.3 Å². The van der Waals surface area contributed by atoms with Gasteiger partial charge in [-0.15, -0.1) is 0 Å². The number of hydrogen-bond donors (Lipinski definition) is 2. The predicted molar refractivity (Wildman–Crippen MR) is 63.2 cm³/mol. The minimum absolute atomic E-state index is 0.0199. The van der Waals surface area contributed by atoms with Crippen LogP contribution >= 0.6 is 11.8 Å². The summed E-state index contributed by atoms with van der Waals surface area (Å²) in [6, 6.07) is 0.173. The Bertz CT molecular complexity index is 214. The van der Waals surface area contributed by atoms with Crippen LogP contribution in [0.1, 0.15) is 19.8 Å². The summed E-state index contributed by atoms with van der Waals surface area (Å²) in [6.45, 7) is 2.84.